The maximum atomic E-state index is 13.5. The Labute approximate surface area is 187 Å². The lowest BCUT2D eigenvalue weighted by molar-refractivity contribution is -0.136. The summed E-state index contributed by atoms with van der Waals surface area (Å²) in [5, 5.41) is 0. The van der Waals surface area contributed by atoms with Crippen molar-refractivity contribution < 1.29 is 19.0 Å². The molecule has 0 N–H and O–H groups in total. The van der Waals surface area contributed by atoms with Gasteiger partial charge in [0.25, 0.3) is 5.56 Å². The zero-order valence-corrected chi connectivity index (χ0v) is 18.6. The summed E-state index contributed by atoms with van der Waals surface area (Å²) in [5.74, 6) is 0.830. The molecule has 2 aliphatic rings. The van der Waals surface area contributed by atoms with Gasteiger partial charge in [0.2, 0.25) is 6.79 Å². The number of rotatable bonds is 3. The van der Waals surface area contributed by atoms with Crippen LogP contribution in [0.4, 0.5) is 0 Å². The average Bonchev–Trinajstić information content (AvgIpc) is 3.37. The summed E-state index contributed by atoms with van der Waals surface area (Å²) in [5.41, 5.74) is 3.41. The van der Waals surface area contributed by atoms with E-state index in [1.165, 1.54) is 18.4 Å². The van der Waals surface area contributed by atoms with E-state index >= 15 is 0 Å². The second-order valence-corrected chi connectivity index (χ2v) is 8.61. The standard InChI is InChI=1S/C24H20N2O5S/c1-13-4-7-16(8-5-13)21-20(23(28)29-3)14(2)25-24-26(21)22(27)19(32-24)11-15-6-9-17-18(10-15)31-12-30-17/h4-11,21H,12H2,1-3H3/b19-11+/t21-/m0/s1. The SMILES string of the molecule is COC(=O)C1=C(C)N=c2s/c(=C/c3ccc4c(c3)OCO4)c(=O)n2[C@H]1c1ccc(C)cc1. The van der Waals surface area contributed by atoms with Crippen molar-refractivity contribution in [2.45, 2.75) is 19.9 Å². The van der Waals surface area contributed by atoms with Crippen molar-refractivity contribution >= 4 is 23.4 Å². The number of ether oxygens (including phenoxy) is 3. The molecule has 0 saturated heterocycles. The van der Waals surface area contributed by atoms with Gasteiger partial charge in [-0.1, -0.05) is 47.2 Å². The van der Waals surface area contributed by atoms with Gasteiger partial charge in [-0.25, -0.2) is 9.79 Å². The lowest BCUT2D eigenvalue weighted by atomic mass is 9.95. The number of nitrogens with zero attached hydrogens (tertiary/aromatic N) is 2. The molecule has 0 aliphatic carbocycles. The normalized spacial score (nSPS) is 17.2. The number of benzene rings is 2. The molecular formula is C24H20N2O5S. The van der Waals surface area contributed by atoms with E-state index in [2.05, 4.69) is 4.99 Å². The van der Waals surface area contributed by atoms with E-state index in [1.54, 1.807) is 17.6 Å². The summed E-state index contributed by atoms with van der Waals surface area (Å²) >= 11 is 1.29. The molecule has 1 atom stereocenters. The Morgan fingerprint density at radius 1 is 1.16 bits per heavy atom. The van der Waals surface area contributed by atoms with E-state index in [0.29, 0.717) is 32.1 Å². The van der Waals surface area contributed by atoms with Crippen LogP contribution in [0.2, 0.25) is 0 Å². The van der Waals surface area contributed by atoms with Gasteiger partial charge < -0.3 is 14.2 Å². The number of esters is 1. The van der Waals surface area contributed by atoms with Crippen LogP contribution in [0.3, 0.4) is 0 Å². The molecule has 162 valence electrons. The second kappa shape index (κ2) is 7.80. The molecule has 1 aromatic heterocycles. The number of aromatic nitrogens is 1. The maximum absolute atomic E-state index is 13.5. The highest BCUT2D eigenvalue weighted by Crippen LogP contribution is 2.33. The lowest BCUT2D eigenvalue weighted by Crippen LogP contribution is -2.39. The molecule has 0 radical (unpaired) electrons. The quantitative estimate of drug-likeness (QED) is 0.575. The maximum Gasteiger partial charge on any atom is 0.338 e. The van der Waals surface area contributed by atoms with Crippen LogP contribution in [-0.4, -0.2) is 24.4 Å². The predicted octanol–water partition coefficient (Wildman–Crippen LogP) is 2.45. The average molecular weight is 449 g/mol. The van der Waals surface area contributed by atoms with Crippen LogP contribution in [0.1, 0.15) is 29.7 Å². The van der Waals surface area contributed by atoms with Gasteiger partial charge in [0.1, 0.15) is 0 Å². The molecule has 3 heterocycles. The molecule has 8 heteroatoms. The van der Waals surface area contributed by atoms with Gasteiger partial charge in [0, 0.05) is 0 Å². The van der Waals surface area contributed by atoms with E-state index in [1.807, 2.05) is 49.4 Å². The molecule has 0 saturated carbocycles. The third-order valence-electron chi connectivity index (χ3n) is 5.51. The number of allylic oxidation sites excluding steroid dienone is 1. The highest BCUT2D eigenvalue weighted by Gasteiger charge is 2.33. The number of fused-ring (bicyclic) bond motifs is 2. The van der Waals surface area contributed by atoms with Gasteiger partial charge in [-0.2, -0.15) is 0 Å². The molecule has 5 rings (SSSR count). The van der Waals surface area contributed by atoms with Gasteiger partial charge in [-0.3, -0.25) is 9.36 Å². The predicted molar refractivity (Wildman–Crippen MR) is 120 cm³/mol. The number of carbonyl (C=O) groups excluding carboxylic acids is 1. The molecule has 7 nitrogen and oxygen atoms in total. The smallest absolute Gasteiger partial charge is 0.338 e. The second-order valence-electron chi connectivity index (χ2n) is 7.60. The zero-order chi connectivity index (χ0) is 22.4. The van der Waals surface area contributed by atoms with Crippen LogP contribution in [0.5, 0.6) is 11.5 Å². The summed E-state index contributed by atoms with van der Waals surface area (Å²) in [6.07, 6.45) is 1.80. The van der Waals surface area contributed by atoms with Crippen LogP contribution >= 0.6 is 11.3 Å². The molecule has 0 fully saturated rings. The Kier molecular flexibility index (Phi) is 4.94. The fourth-order valence-corrected chi connectivity index (χ4v) is 4.96. The highest BCUT2D eigenvalue weighted by molar-refractivity contribution is 7.07. The Hall–Kier alpha value is -3.65. The van der Waals surface area contributed by atoms with Crippen molar-refractivity contribution in [1.29, 1.82) is 0 Å². The zero-order valence-electron chi connectivity index (χ0n) is 17.7. The number of methoxy groups -OCH3 is 1. The molecule has 0 bridgehead atoms. The van der Waals surface area contributed by atoms with Crippen molar-refractivity contribution in [2.24, 2.45) is 4.99 Å². The van der Waals surface area contributed by atoms with E-state index in [9.17, 15) is 9.59 Å². The van der Waals surface area contributed by atoms with Crippen LogP contribution < -0.4 is 24.4 Å². The fourth-order valence-electron chi connectivity index (χ4n) is 3.91. The first-order valence-electron chi connectivity index (χ1n) is 10.0. The number of hydrogen-bond acceptors (Lipinski definition) is 7. The summed E-state index contributed by atoms with van der Waals surface area (Å²) in [6.45, 7) is 3.94. The van der Waals surface area contributed by atoms with Gasteiger partial charge in [0.05, 0.1) is 29.0 Å². The van der Waals surface area contributed by atoms with Gasteiger partial charge in [-0.15, -0.1) is 0 Å². The summed E-state index contributed by atoms with van der Waals surface area (Å²) < 4.78 is 17.9. The largest absolute Gasteiger partial charge is 0.466 e. The van der Waals surface area contributed by atoms with Crippen LogP contribution in [-0.2, 0) is 9.53 Å². The monoisotopic (exact) mass is 448 g/mol. The van der Waals surface area contributed by atoms with Crippen molar-refractivity contribution in [2.75, 3.05) is 13.9 Å². The Morgan fingerprint density at radius 3 is 2.66 bits per heavy atom. The Bertz CT molecular complexity index is 1450. The van der Waals surface area contributed by atoms with E-state index < -0.39 is 12.0 Å². The molecule has 2 aromatic carbocycles. The molecule has 2 aliphatic heterocycles. The minimum absolute atomic E-state index is 0.188. The minimum Gasteiger partial charge on any atom is -0.466 e. The molecule has 3 aromatic rings. The topological polar surface area (TPSA) is 79.1 Å². The van der Waals surface area contributed by atoms with Crippen molar-refractivity contribution in [3.8, 4) is 11.5 Å². The van der Waals surface area contributed by atoms with Gasteiger partial charge in [-0.05, 0) is 43.2 Å². The summed E-state index contributed by atoms with van der Waals surface area (Å²) in [4.78, 5) is 31.3. The van der Waals surface area contributed by atoms with E-state index in [4.69, 9.17) is 14.2 Å². The molecule has 0 spiro atoms. The highest BCUT2D eigenvalue weighted by atomic mass is 32.1. The molecule has 0 unspecified atom stereocenters. The number of thiazole rings is 1. The fraction of sp³-hybridized carbons (Fsp3) is 0.208. The minimum atomic E-state index is -0.613. The first-order valence-corrected chi connectivity index (χ1v) is 10.8. The van der Waals surface area contributed by atoms with Crippen LogP contribution in [0.25, 0.3) is 6.08 Å². The number of aryl methyl sites for hydroxylation is 1. The summed E-state index contributed by atoms with van der Waals surface area (Å²) in [7, 11) is 1.33. The van der Waals surface area contributed by atoms with Crippen molar-refractivity contribution in [3.05, 3.63) is 90.1 Å². The third kappa shape index (κ3) is 3.33. The first kappa shape index (κ1) is 20.3. The molecule has 0 amide bonds. The number of carbonyl (C=O) groups is 1. The lowest BCUT2D eigenvalue weighted by Gasteiger charge is -2.24. The third-order valence-corrected chi connectivity index (χ3v) is 6.50. The first-order chi connectivity index (χ1) is 15.5. The Morgan fingerprint density at radius 2 is 1.91 bits per heavy atom. The Balaban J connectivity index is 1.70. The van der Waals surface area contributed by atoms with Gasteiger partial charge >= 0.3 is 5.97 Å². The van der Waals surface area contributed by atoms with Crippen LogP contribution in [0, 0.1) is 6.92 Å². The number of hydrogen-bond donors (Lipinski definition) is 0. The summed E-state index contributed by atoms with van der Waals surface area (Å²) in [6, 6.07) is 12.7. The molecule has 32 heavy (non-hydrogen) atoms. The molecular weight excluding hydrogens is 428 g/mol. The van der Waals surface area contributed by atoms with Crippen molar-refractivity contribution in [3.63, 3.8) is 0 Å². The van der Waals surface area contributed by atoms with Crippen molar-refractivity contribution in [1.82, 2.24) is 4.57 Å². The van der Waals surface area contributed by atoms with Crippen LogP contribution in [0.15, 0.2) is 63.5 Å². The van der Waals surface area contributed by atoms with E-state index in [-0.39, 0.29) is 12.4 Å². The van der Waals surface area contributed by atoms with E-state index in [0.717, 1.165) is 16.7 Å². The van der Waals surface area contributed by atoms with Gasteiger partial charge in [0.15, 0.2) is 16.3 Å².